The van der Waals surface area contributed by atoms with Gasteiger partial charge in [-0.25, -0.2) is 0 Å². The standard InChI is InChI=1S/C17H21N3O4/c1-17(12-24-2,8-15(21)22)19-16(23)14-9-18-20(11-14)10-13-6-4-3-5-7-13/h3-7,9,11H,8,10,12H2,1-2H3,(H,19,23)(H,21,22). The molecular formula is C17H21N3O4. The highest BCUT2D eigenvalue weighted by Crippen LogP contribution is 2.12. The van der Waals surface area contributed by atoms with Crippen molar-refractivity contribution in [2.75, 3.05) is 13.7 Å². The van der Waals surface area contributed by atoms with Crippen molar-refractivity contribution in [1.82, 2.24) is 15.1 Å². The number of carboxylic acids is 1. The fraction of sp³-hybridized carbons (Fsp3) is 0.353. The minimum absolute atomic E-state index is 0.100. The number of amides is 1. The lowest BCUT2D eigenvalue weighted by Crippen LogP contribution is -2.50. The van der Waals surface area contributed by atoms with E-state index in [0.717, 1.165) is 5.56 Å². The Hall–Kier alpha value is -2.67. The summed E-state index contributed by atoms with van der Waals surface area (Å²) in [4.78, 5) is 23.4. The molecule has 0 spiro atoms. The topological polar surface area (TPSA) is 93.4 Å². The summed E-state index contributed by atoms with van der Waals surface area (Å²) in [5.41, 5.74) is 0.459. The van der Waals surface area contributed by atoms with E-state index in [1.165, 1.54) is 13.3 Å². The Bertz CT molecular complexity index is 699. The van der Waals surface area contributed by atoms with Gasteiger partial charge in [0.25, 0.3) is 5.91 Å². The van der Waals surface area contributed by atoms with Gasteiger partial charge in [-0.05, 0) is 12.5 Å². The van der Waals surface area contributed by atoms with Crippen LogP contribution < -0.4 is 5.32 Å². The molecule has 0 saturated carbocycles. The van der Waals surface area contributed by atoms with E-state index in [-0.39, 0.29) is 18.9 Å². The third kappa shape index (κ3) is 4.92. The first kappa shape index (κ1) is 17.7. The summed E-state index contributed by atoms with van der Waals surface area (Å²) >= 11 is 0. The number of hydrogen-bond acceptors (Lipinski definition) is 4. The molecule has 1 atom stereocenters. The molecule has 1 amide bonds. The van der Waals surface area contributed by atoms with Gasteiger partial charge in [0.2, 0.25) is 0 Å². The van der Waals surface area contributed by atoms with E-state index in [4.69, 9.17) is 9.84 Å². The monoisotopic (exact) mass is 331 g/mol. The molecule has 0 bridgehead atoms. The van der Waals surface area contributed by atoms with Crippen LogP contribution >= 0.6 is 0 Å². The number of hydrogen-bond donors (Lipinski definition) is 2. The number of carbonyl (C=O) groups is 2. The quantitative estimate of drug-likeness (QED) is 0.765. The van der Waals surface area contributed by atoms with Gasteiger partial charge in [-0.15, -0.1) is 0 Å². The second-order valence-electron chi connectivity index (χ2n) is 5.93. The predicted octanol–water partition coefficient (Wildman–Crippen LogP) is 1.54. The van der Waals surface area contributed by atoms with Crippen LogP contribution in [-0.4, -0.2) is 46.0 Å². The molecule has 24 heavy (non-hydrogen) atoms. The first-order chi connectivity index (χ1) is 11.4. The van der Waals surface area contributed by atoms with Crippen molar-refractivity contribution in [3.05, 3.63) is 53.9 Å². The molecule has 1 aromatic heterocycles. The van der Waals surface area contributed by atoms with Crippen LogP contribution in [0, 0.1) is 0 Å². The first-order valence-electron chi connectivity index (χ1n) is 7.51. The van der Waals surface area contributed by atoms with Gasteiger partial charge in [0.1, 0.15) is 0 Å². The Morgan fingerprint density at radius 2 is 2.04 bits per heavy atom. The highest BCUT2D eigenvalue weighted by Gasteiger charge is 2.30. The Morgan fingerprint density at radius 1 is 1.33 bits per heavy atom. The van der Waals surface area contributed by atoms with Crippen molar-refractivity contribution < 1.29 is 19.4 Å². The second-order valence-corrected chi connectivity index (χ2v) is 5.93. The van der Waals surface area contributed by atoms with Gasteiger partial charge in [0.05, 0.1) is 36.9 Å². The van der Waals surface area contributed by atoms with Crippen LogP contribution in [-0.2, 0) is 16.1 Å². The Morgan fingerprint density at radius 3 is 2.67 bits per heavy atom. The maximum atomic E-state index is 12.4. The van der Waals surface area contributed by atoms with Crippen LogP contribution in [0.5, 0.6) is 0 Å². The van der Waals surface area contributed by atoms with Gasteiger partial charge in [-0.3, -0.25) is 14.3 Å². The van der Waals surface area contributed by atoms with Crippen molar-refractivity contribution >= 4 is 11.9 Å². The number of aromatic nitrogens is 2. The number of carboxylic acid groups (broad SMARTS) is 1. The number of nitrogens with one attached hydrogen (secondary N) is 1. The lowest BCUT2D eigenvalue weighted by atomic mass is 9.98. The number of aliphatic carboxylic acids is 1. The van der Waals surface area contributed by atoms with Crippen molar-refractivity contribution in [3.63, 3.8) is 0 Å². The highest BCUT2D eigenvalue weighted by atomic mass is 16.5. The van der Waals surface area contributed by atoms with E-state index in [0.29, 0.717) is 12.1 Å². The first-order valence-corrected chi connectivity index (χ1v) is 7.51. The van der Waals surface area contributed by atoms with Crippen LogP contribution in [0.15, 0.2) is 42.7 Å². The summed E-state index contributed by atoms with van der Waals surface area (Å²) in [6.07, 6.45) is 2.87. The fourth-order valence-corrected chi connectivity index (χ4v) is 2.47. The predicted molar refractivity (Wildman–Crippen MR) is 87.8 cm³/mol. The normalized spacial score (nSPS) is 13.2. The summed E-state index contributed by atoms with van der Waals surface area (Å²) < 4.78 is 6.69. The maximum absolute atomic E-state index is 12.4. The third-order valence-electron chi connectivity index (χ3n) is 3.50. The lowest BCUT2D eigenvalue weighted by molar-refractivity contribution is -0.139. The zero-order chi connectivity index (χ0) is 17.6. The van der Waals surface area contributed by atoms with E-state index in [2.05, 4.69) is 10.4 Å². The number of ether oxygens (including phenoxy) is 1. The molecular weight excluding hydrogens is 310 g/mol. The van der Waals surface area contributed by atoms with Crippen molar-refractivity contribution in [3.8, 4) is 0 Å². The van der Waals surface area contributed by atoms with Gasteiger partial charge in [-0.2, -0.15) is 5.10 Å². The zero-order valence-corrected chi connectivity index (χ0v) is 13.7. The molecule has 0 saturated heterocycles. The number of nitrogens with zero attached hydrogens (tertiary/aromatic N) is 2. The highest BCUT2D eigenvalue weighted by molar-refractivity contribution is 5.94. The van der Waals surface area contributed by atoms with Gasteiger partial charge in [-0.1, -0.05) is 30.3 Å². The molecule has 0 aliphatic heterocycles. The van der Waals surface area contributed by atoms with Gasteiger partial charge in [0.15, 0.2) is 0 Å². The van der Waals surface area contributed by atoms with Gasteiger partial charge < -0.3 is 15.2 Å². The number of rotatable bonds is 8. The zero-order valence-electron chi connectivity index (χ0n) is 13.7. The fourth-order valence-electron chi connectivity index (χ4n) is 2.47. The average molecular weight is 331 g/mol. The van der Waals surface area contributed by atoms with Crippen molar-refractivity contribution in [2.45, 2.75) is 25.4 Å². The van der Waals surface area contributed by atoms with Crippen molar-refractivity contribution in [1.29, 1.82) is 0 Å². The molecule has 1 unspecified atom stereocenters. The largest absolute Gasteiger partial charge is 0.481 e. The van der Waals surface area contributed by atoms with Gasteiger partial charge >= 0.3 is 5.97 Å². The summed E-state index contributed by atoms with van der Waals surface area (Å²) in [5, 5.41) is 15.9. The van der Waals surface area contributed by atoms with Crippen LogP contribution in [0.2, 0.25) is 0 Å². The van der Waals surface area contributed by atoms with Crippen LogP contribution in [0.25, 0.3) is 0 Å². The summed E-state index contributed by atoms with van der Waals surface area (Å²) in [6, 6.07) is 9.77. The molecule has 1 heterocycles. The van der Waals surface area contributed by atoms with E-state index < -0.39 is 11.5 Å². The number of methoxy groups -OCH3 is 1. The second kappa shape index (κ2) is 7.74. The third-order valence-corrected chi connectivity index (χ3v) is 3.50. The van der Waals surface area contributed by atoms with E-state index in [1.54, 1.807) is 17.8 Å². The molecule has 2 N–H and O–H groups in total. The van der Waals surface area contributed by atoms with E-state index in [1.807, 2.05) is 30.3 Å². The molecule has 0 aliphatic carbocycles. The summed E-state index contributed by atoms with van der Waals surface area (Å²) in [7, 11) is 1.46. The molecule has 7 heteroatoms. The Labute approximate surface area is 140 Å². The number of benzene rings is 1. The van der Waals surface area contributed by atoms with Crippen molar-refractivity contribution in [2.24, 2.45) is 0 Å². The average Bonchev–Trinajstić information content (AvgIpc) is 2.96. The van der Waals surface area contributed by atoms with E-state index in [9.17, 15) is 9.59 Å². The Kier molecular flexibility index (Phi) is 5.70. The molecule has 0 radical (unpaired) electrons. The minimum atomic E-state index is -1.00. The van der Waals surface area contributed by atoms with Crippen LogP contribution in [0.4, 0.5) is 0 Å². The smallest absolute Gasteiger partial charge is 0.305 e. The SMILES string of the molecule is COCC(C)(CC(=O)O)NC(=O)c1cnn(Cc2ccccc2)c1. The Balaban J connectivity index is 2.05. The molecule has 2 aromatic rings. The molecule has 0 fully saturated rings. The molecule has 128 valence electrons. The maximum Gasteiger partial charge on any atom is 0.305 e. The number of carbonyl (C=O) groups excluding carboxylic acids is 1. The summed E-state index contributed by atoms with van der Waals surface area (Å²) in [5.74, 6) is -1.38. The van der Waals surface area contributed by atoms with Gasteiger partial charge in [0, 0.05) is 13.3 Å². The van der Waals surface area contributed by atoms with Crippen LogP contribution in [0.3, 0.4) is 0 Å². The molecule has 1 aromatic carbocycles. The van der Waals surface area contributed by atoms with Crippen LogP contribution in [0.1, 0.15) is 29.3 Å². The minimum Gasteiger partial charge on any atom is -0.481 e. The van der Waals surface area contributed by atoms with E-state index >= 15 is 0 Å². The molecule has 0 aliphatic rings. The molecule has 2 rings (SSSR count). The summed E-state index contributed by atoms with van der Waals surface area (Å²) in [6.45, 7) is 2.29. The molecule has 7 nitrogen and oxygen atoms in total. The lowest BCUT2D eigenvalue weighted by Gasteiger charge is -2.28.